The Kier molecular flexibility index (Phi) is 4.17. The molecule has 7 heteroatoms. The lowest BCUT2D eigenvalue weighted by Crippen LogP contribution is -2.41. The fourth-order valence-electron chi connectivity index (χ4n) is 2.67. The number of carbonyl (C=O) groups excluding carboxylic acids is 1. The van der Waals surface area contributed by atoms with E-state index in [4.69, 9.17) is 4.52 Å². The lowest BCUT2D eigenvalue weighted by atomic mass is 10.1. The summed E-state index contributed by atoms with van der Waals surface area (Å²) in [6.07, 6.45) is 0.745. The van der Waals surface area contributed by atoms with E-state index in [0.29, 0.717) is 24.4 Å². The van der Waals surface area contributed by atoms with Crippen LogP contribution in [-0.4, -0.2) is 48.5 Å². The lowest BCUT2D eigenvalue weighted by Gasteiger charge is -2.26. The van der Waals surface area contributed by atoms with Gasteiger partial charge < -0.3 is 9.42 Å². The molecular formula is C13H20N2O4S. The molecule has 1 aliphatic heterocycles. The predicted octanol–water partition coefficient (Wildman–Crippen LogP) is 0.870. The van der Waals surface area contributed by atoms with Gasteiger partial charge in [0.25, 0.3) is 0 Å². The first-order valence-corrected chi connectivity index (χ1v) is 8.58. The minimum atomic E-state index is -2.99. The molecule has 0 bridgehead atoms. The molecular weight excluding hydrogens is 280 g/mol. The molecule has 1 saturated heterocycles. The summed E-state index contributed by atoms with van der Waals surface area (Å²) in [4.78, 5) is 14.1. The largest absolute Gasteiger partial charge is 0.361 e. The predicted molar refractivity (Wildman–Crippen MR) is 74.1 cm³/mol. The van der Waals surface area contributed by atoms with Crippen molar-refractivity contribution >= 4 is 15.7 Å². The van der Waals surface area contributed by atoms with Gasteiger partial charge in [0.05, 0.1) is 23.6 Å². The van der Waals surface area contributed by atoms with Gasteiger partial charge in [0.2, 0.25) is 5.91 Å². The van der Waals surface area contributed by atoms with Gasteiger partial charge in [-0.2, -0.15) is 0 Å². The molecule has 20 heavy (non-hydrogen) atoms. The molecule has 1 aromatic heterocycles. The van der Waals surface area contributed by atoms with Crippen molar-refractivity contribution in [2.24, 2.45) is 0 Å². The Hall–Kier alpha value is -1.37. The van der Waals surface area contributed by atoms with Crippen LogP contribution in [0.2, 0.25) is 0 Å². The first-order valence-electron chi connectivity index (χ1n) is 6.75. The van der Waals surface area contributed by atoms with Gasteiger partial charge in [-0.3, -0.25) is 4.79 Å². The molecule has 6 nitrogen and oxygen atoms in total. The smallest absolute Gasteiger partial charge is 0.227 e. The molecule has 1 fully saturated rings. The number of amides is 1. The highest BCUT2D eigenvalue weighted by Gasteiger charge is 2.34. The zero-order valence-corrected chi connectivity index (χ0v) is 12.9. The third-order valence-corrected chi connectivity index (χ3v) is 5.57. The van der Waals surface area contributed by atoms with Crippen LogP contribution in [0.15, 0.2) is 4.52 Å². The highest BCUT2D eigenvalue weighted by molar-refractivity contribution is 7.91. The minimum Gasteiger partial charge on any atom is -0.361 e. The molecule has 0 aliphatic carbocycles. The lowest BCUT2D eigenvalue weighted by molar-refractivity contribution is -0.132. The van der Waals surface area contributed by atoms with E-state index in [-0.39, 0.29) is 29.9 Å². The molecule has 1 aliphatic rings. The van der Waals surface area contributed by atoms with Crippen LogP contribution in [0.25, 0.3) is 0 Å². The SMILES string of the molecule is CCN(C(=O)Cc1c(C)noc1C)C1CCS(=O)(=O)C1. The number of aromatic nitrogens is 1. The molecule has 1 unspecified atom stereocenters. The highest BCUT2D eigenvalue weighted by Crippen LogP contribution is 2.20. The van der Waals surface area contributed by atoms with Crippen molar-refractivity contribution in [1.29, 1.82) is 0 Å². The van der Waals surface area contributed by atoms with Gasteiger partial charge in [0, 0.05) is 18.2 Å². The maximum Gasteiger partial charge on any atom is 0.227 e. The quantitative estimate of drug-likeness (QED) is 0.824. The van der Waals surface area contributed by atoms with E-state index in [1.54, 1.807) is 18.7 Å². The Morgan fingerprint density at radius 2 is 2.15 bits per heavy atom. The summed E-state index contributed by atoms with van der Waals surface area (Å²) in [7, 11) is -2.99. The van der Waals surface area contributed by atoms with Crippen LogP contribution in [0.3, 0.4) is 0 Å². The first kappa shape index (κ1) is 15.0. The summed E-state index contributed by atoms with van der Waals surface area (Å²) in [5, 5.41) is 3.83. The molecule has 0 radical (unpaired) electrons. The van der Waals surface area contributed by atoms with E-state index in [1.807, 2.05) is 6.92 Å². The van der Waals surface area contributed by atoms with Gasteiger partial charge in [0.1, 0.15) is 5.76 Å². The second-order valence-corrected chi connectivity index (χ2v) is 7.44. The van der Waals surface area contributed by atoms with Crippen molar-refractivity contribution in [3.8, 4) is 0 Å². The number of likely N-dealkylation sites (N-methyl/N-ethyl adjacent to an activating group) is 1. The van der Waals surface area contributed by atoms with Gasteiger partial charge in [0.15, 0.2) is 9.84 Å². The highest BCUT2D eigenvalue weighted by atomic mass is 32.2. The molecule has 0 N–H and O–H groups in total. The number of sulfone groups is 1. The monoisotopic (exact) mass is 300 g/mol. The van der Waals surface area contributed by atoms with Crippen LogP contribution in [-0.2, 0) is 21.1 Å². The summed E-state index contributed by atoms with van der Waals surface area (Å²) < 4.78 is 28.1. The van der Waals surface area contributed by atoms with Gasteiger partial charge >= 0.3 is 0 Å². The van der Waals surface area contributed by atoms with Gasteiger partial charge in [-0.15, -0.1) is 0 Å². The number of nitrogens with zero attached hydrogens (tertiary/aromatic N) is 2. The zero-order valence-electron chi connectivity index (χ0n) is 12.0. The molecule has 2 heterocycles. The number of hydrogen-bond acceptors (Lipinski definition) is 5. The van der Waals surface area contributed by atoms with E-state index in [2.05, 4.69) is 5.16 Å². The van der Waals surface area contributed by atoms with Crippen LogP contribution in [0.5, 0.6) is 0 Å². The number of aryl methyl sites for hydroxylation is 2. The van der Waals surface area contributed by atoms with Crippen molar-refractivity contribution in [2.45, 2.75) is 39.7 Å². The Balaban J connectivity index is 2.11. The molecule has 112 valence electrons. The number of carbonyl (C=O) groups is 1. The topological polar surface area (TPSA) is 80.5 Å². The van der Waals surface area contributed by atoms with Crippen molar-refractivity contribution in [3.63, 3.8) is 0 Å². The van der Waals surface area contributed by atoms with Gasteiger partial charge in [-0.1, -0.05) is 5.16 Å². The summed E-state index contributed by atoms with van der Waals surface area (Å²) in [5.74, 6) is 0.830. The van der Waals surface area contributed by atoms with Crippen LogP contribution in [0, 0.1) is 13.8 Å². The van der Waals surface area contributed by atoms with Gasteiger partial charge in [-0.05, 0) is 27.2 Å². The fourth-order valence-corrected chi connectivity index (χ4v) is 4.40. The molecule has 0 saturated carbocycles. The minimum absolute atomic E-state index is 0.0657. The summed E-state index contributed by atoms with van der Waals surface area (Å²) in [6, 6.07) is -0.196. The third-order valence-electron chi connectivity index (χ3n) is 3.82. The second kappa shape index (κ2) is 5.55. The third kappa shape index (κ3) is 3.03. The maximum atomic E-state index is 12.4. The van der Waals surface area contributed by atoms with Gasteiger partial charge in [-0.25, -0.2) is 8.42 Å². The molecule has 2 rings (SSSR count). The van der Waals surface area contributed by atoms with Crippen LogP contribution in [0.4, 0.5) is 0 Å². The number of rotatable bonds is 4. The van der Waals surface area contributed by atoms with Crippen molar-refractivity contribution in [1.82, 2.24) is 10.1 Å². The molecule has 1 amide bonds. The fraction of sp³-hybridized carbons (Fsp3) is 0.692. The Bertz CT molecular complexity index is 586. The Labute approximate surface area is 119 Å². The summed E-state index contributed by atoms with van der Waals surface area (Å²) >= 11 is 0. The Morgan fingerprint density at radius 1 is 1.45 bits per heavy atom. The van der Waals surface area contributed by atoms with E-state index >= 15 is 0 Å². The second-order valence-electron chi connectivity index (χ2n) is 5.22. The molecule has 1 aromatic rings. The van der Waals surface area contributed by atoms with Crippen molar-refractivity contribution in [2.75, 3.05) is 18.1 Å². The summed E-state index contributed by atoms with van der Waals surface area (Å²) in [5.41, 5.74) is 1.51. The Morgan fingerprint density at radius 3 is 2.60 bits per heavy atom. The molecule has 0 aromatic carbocycles. The van der Waals surface area contributed by atoms with Crippen LogP contribution < -0.4 is 0 Å². The average Bonchev–Trinajstić information content (AvgIpc) is 2.87. The molecule has 0 spiro atoms. The van der Waals surface area contributed by atoms with Crippen molar-refractivity contribution in [3.05, 3.63) is 17.0 Å². The van der Waals surface area contributed by atoms with Crippen LogP contribution in [0.1, 0.15) is 30.4 Å². The van der Waals surface area contributed by atoms with Crippen molar-refractivity contribution < 1.29 is 17.7 Å². The molecule has 1 atom stereocenters. The van der Waals surface area contributed by atoms with E-state index in [0.717, 1.165) is 5.56 Å². The first-order chi connectivity index (χ1) is 9.34. The number of hydrogen-bond donors (Lipinski definition) is 0. The normalized spacial score (nSPS) is 21.1. The van der Waals surface area contributed by atoms with Crippen LogP contribution >= 0.6 is 0 Å². The van der Waals surface area contributed by atoms with E-state index in [9.17, 15) is 13.2 Å². The maximum absolute atomic E-state index is 12.4. The van der Waals surface area contributed by atoms with E-state index in [1.165, 1.54) is 0 Å². The van der Waals surface area contributed by atoms with E-state index < -0.39 is 9.84 Å². The standard InChI is InChI=1S/C13H20N2O4S/c1-4-15(11-5-6-20(17,18)8-11)13(16)7-12-9(2)14-19-10(12)3/h11H,4-8H2,1-3H3. The summed E-state index contributed by atoms with van der Waals surface area (Å²) in [6.45, 7) is 5.97. The zero-order chi connectivity index (χ0) is 14.9. The average molecular weight is 300 g/mol.